The van der Waals surface area contributed by atoms with Crippen LogP contribution in [0.1, 0.15) is 50.2 Å². The third-order valence-electron chi connectivity index (χ3n) is 5.93. The van der Waals surface area contributed by atoms with Crippen LogP contribution >= 0.6 is 0 Å². The summed E-state index contributed by atoms with van der Waals surface area (Å²) in [5.74, 6) is -0.803. The fraction of sp³-hybridized carbons (Fsp3) is 0.545. The van der Waals surface area contributed by atoms with Crippen LogP contribution in [-0.2, 0) is 19.9 Å². The number of carbonyl (C=O) groups is 4. The lowest BCUT2D eigenvalue weighted by atomic mass is 9.89. The topological polar surface area (TPSA) is 108 Å². The van der Waals surface area contributed by atoms with Crippen LogP contribution in [0.3, 0.4) is 0 Å². The molecular formula is C22H30N4O4. The zero-order chi connectivity index (χ0) is 21.7. The highest BCUT2D eigenvalue weighted by molar-refractivity contribution is 6.09. The van der Waals surface area contributed by atoms with Crippen molar-refractivity contribution in [3.63, 3.8) is 0 Å². The van der Waals surface area contributed by atoms with E-state index in [1.165, 1.54) is 6.42 Å². The molecule has 2 fully saturated rings. The Bertz CT molecular complexity index is 817. The van der Waals surface area contributed by atoms with Crippen molar-refractivity contribution < 1.29 is 19.2 Å². The number of carbonyl (C=O) groups excluding carboxylic acids is 4. The monoisotopic (exact) mass is 414 g/mol. The molecule has 2 aliphatic rings. The normalized spacial score (nSPS) is 22.0. The van der Waals surface area contributed by atoms with Crippen LogP contribution < -0.4 is 16.0 Å². The molecule has 1 aromatic rings. The van der Waals surface area contributed by atoms with Gasteiger partial charge in [0.1, 0.15) is 12.1 Å². The van der Waals surface area contributed by atoms with E-state index in [0.717, 1.165) is 36.1 Å². The largest absolute Gasteiger partial charge is 0.354 e. The van der Waals surface area contributed by atoms with Crippen molar-refractivity contribution in [1.29, 1.82) is 0 Å². The van der Waals surface area contributed by atoms with Crippen molar-refractivity contribution >= 4 is 23.8 Å². The van der Waals surface area contributed by atoms with E-state index in [9.17, 15) is 19.2 Å². The molecule has 0 bridgehead atoms. The van der Waals surface area contributed by atoms with Gasteiger partial charge in [0.05, 0.1) is 0 Å². The van der Waals surface area contributed by atoms with Crippen molar-refractivity contribution in [2.24, 2.45) is 5.92 Å². The van der Waals surface area contributed by atoms with Crippen LogP contribution in [0.15, 0.2) is 24.3 Å². The molecule has 0 aromatic heterocycles. The Morgan fingerprint density at radius 1 is 1.07 bits per heavy atom. The number of benzene rings is 1. The van der Waals surface area contributed by atoms with Crippen LogP contribution in [0, 0.1) is 12.8 Å². The number of nitrogens with one attached hydrogen (secondary N) is 3. The standard InChI is InChI=1S/C22H30N4O4/c1-15-8-10-17(11-9-15)22(2)20(29)26(21(30)25-22)14-18(27)23-12-13-24-19(28)16-6-4-3-5-7-16/h8-11,16H,3-7,12-14H2,1-2H3,(H,23,27)(H,24,28)(H,25,30). The van der Waals surface area contributed by atoms with Gasteiger partial charge in [0.2, 0.25) is 11.8 Å². The first-order valence-corrected chi connectivity index (χ1v) is 10.6. The zero-order valence-corrected chi connectivity index (χ0v) is 17.6. The van der Waals surface area contributed by atoms with Gasteiger partial charge in [0.15, 0.2) is 0 Å². The number of imide groups is 1. The Hall–Kier alpha value is -2.90. The number of amides is 5. The molecule has 0 spiro atoms. The van der Waals surface area contributed by atoms with Crippen molar-refractivity contribution in [3.05, 3.63) is 35.4 Å². The van der Waals surface area contributed by atoms with Crippen LogP contribution in [0.4, 0.5) is 4.79 Å². The molecule has 162 valence electrons. The van der Waals surface area contributed by atoms with Crippen LogP contribution in [0.5, 0.6) is 0 Å². The molecular weight excluding hydrogens is 384 g/mol. The van der Waals surface area contributed by atoms with E-state index >= 15 is 0 Å². The summed E-state index contributed by atoms with van der Waals surface area (Å²) in [7, 11) is 0. The molecule has 3 rings (SSSR count). The van der Waals surface area contributed by atoms with Gasteiger partial charge in [-0.3, -0.25) is 19.3 Å². The average Bonchev–Trinajstić information content (AvgIpc) is 2.96. The first-order valence-electron chi connectivity index (χ1n) is 10.6. The second kappa shape index (κ2) is 9.28. The minimum Gasteiger partial charge on any atom is -0.354 e. The molecule has 1 aliphatic carbocycles. The summed E-state index contributed by atoms with van der Waals surface area (Å²) >= 11 is 0. The molecule has 8 heteroatoms. The average molecular weight is 415 g/mol. The Morgan fingerprint density at radius 3 is 2.37 bits per heavy atom. The number of aryl methyl sites for hydroxylation is 1. The number of rotatable bonds is 7. The summed E-state index contributed by atoms with van der Waals surface area (Å²) in [6, 6.07) is 6.75. The van der Waals surface area contributed by atoms with Gasteiger partial charge in [-0.1, -0.05) is 49.1 Å². The highest BCUT2D eigenvalue weighted by Gasteiger charge is 2.49. The van der Waals surface area contributed by atoms with E-state index in [2.05, 4.69) is 16.0 Å². The van der Waals surface area contributed by atoms with Crippen molar-refractivity contribution in [2.75, 3.05) is 19.6 Å². The molecule has 30 heavy (non-hydrogen) atoms. The molecule has 1 atom stereocenters. The van der Waals surface area contributed by atoms with Crippen molar-refractivity contribution in [3.8, 4) is 0 Å². The number of hydrogen-bond donors (Lipinski definition) is 3. The maximum absolute atomic E-state index is 12.9. The van der Waals surface area contributed by atoms with E-state index in [-0.39, 0.29) is 24.9 Å². The third kappa shape index (κ3) is 4.80. The Morgan fingerprint density at radius 2 is 1.70 bits per heavy atom. The quantitative estimate of drug-likeness (QED) is 0.465. The lowest BCUT2D eigenvalue weighted by molar-refractivity contribution is -0.134. The van der Waals surface area contributed by atoms with Crippen LogP contribution in [0.25, 0.3) is 0 Å². The smallest absolute Gasteiger partial charge is 0.325 e. The zero-order valence-electron chi connectivity index (χ0n) is 17.6. The fourth-order valence-electron chi connectivity index (χ4n) is 4.02. The predicted octanol–water partition coefficient (Wildman–Crippen LogP) is 1.57. The van der Waals surface area contributed by atoms with Crippen LogP contribution in [0.2, 0.25) is 0 Å². The number of urea groups is 1. The summed E-state index contributed by atoms with van der Waals surface area (Å²) in [6.07, 6.45) is 5.20. The van der Waals surface area contributed by atoms with E-state index in [0.29, 0.717) is 12.1 Å². The Labute approximate surface area is 176 Å². The lowest BCUT2D eigenvalue weighted by Gasteiger charge is -2.22. The molecule has 1 aromatic carbocycles. The van der Waals surface area contributed by atoms with E-state index in [1.54, 1.807) is 19.1 Å². The first-order chi connectivity index (χ1) is 14.3. The summed E-state index contributed by atoms with van der Waals surface area (Å²) in [4.78, 5) is 50.4. The van der Waals surface area contributed by atoms with Gasteiger partial charge in [0.25, 0.3) is 5.91 Å². The molecule has 5 amide bonds. The minimum absolute atomic E-state index is 0.0342. The first kappa shape index (κ1) is 21.8. The third-order valence-corrected chi connectivity index (χ3v) is 5.93. The Balaban J connectivity index is 1.46. The minimum atomic E-state index is -1.20. The van der Waals surface area contributed by atoms with Crippen molar-refractivity contribution in [2.45, 2.75) is 51.5 Å². The van der Waals surface area contributed by atoms with E-state index in [1.807, 2.05) is 19.1 Å². The number of nitrogens with zero attached hydrogens (tertiary/aromatic N) is 1. The molecule has 0 radical (unpaired) electrons. The molecule has 1 heterocycles. The maximum Gasteiger partial charge on any atom is 0.325 e. The van der Waals surface area contributed by atoms with Gasteiger partial charge in [-0.2, -0.15) is 0 Å². The fourth-order valence-corrected chi connectivity index (χ4v) is 4.02. The summed E-state index contributed by atoms with van der Waals surface area (Å²) in [6.45, 7) is 3.78. The van der Waals surface area contributed by atoms with Gasteiger partial charge < -0.3 is 16.0 Å². The second-order valence-corrected chi connectivity index (χ2v) is 8.29. The lowest BCUT2D eigenvalue weighted by Crippen LogP contribution is -2.44. The SMILES string of the molecule is Cc1ccc(C2(C)NC(=O)N(CC(=O)NCCNC(=O)C3CCCCC3)C2=O)cc1. The maximum atomic E-state index is 12.9. The molecule has 8 nitrogen and oxygen atoms in total. The van der Waals surface area contributed by atoms with Gasteiger partial charge >= 0.3 is 6.03 Å². The number of hydrogen-bond acceptors (Lipinski definition) is 4. The molecule has 1 saturated carbocycles. The summed E-state index contributed by atoms with van der Waals surface area (Å²) in [5, 5.41) is 8.19. The highest BCUT2D eigenvalue weighted by Crippen LogP contribution is 2.28. The Kier molecular flexibility index (Phi) is 6.74. The molecule has 1 unspecified atom stereocenters. The van der Waals surface area contributed by atoms with Gasteiger partial charge in [0, 0.05) is 19.0 Å². The molecule has 1 aliphatic heterocycles. The van der Waals surface area contributed by atoms with E-state index < -0.39 is 23.4 Å². The van der Waals surface area contributed by atoms with Crippen LogP contribution in [-0.4, -0.2) is 48.3 Å². The second-order valence-electron chi connectivity index (χ2n) is 8.29. The van der Waals surface area contributed by atoms with Gasteiger partial charge in [-0.05, 0) is 32.3 Å². The molecule has 3 N–H and O–H groups in total. The predicted molar refractivity (Wildman–Crippen MR) is 111 cm³/mol. The molecule has 1 saturated heterocycles. The summed E-state index contributed by atoms with van der Waals surface area (Å²) in [5.41, 5.74) is 0.518. The van der Waals surface area contributed by atoms with Gasteiger partial charge in [-0.15, -0.1) is 0 Å². The summed E-state index contributed by atoms with van der Waals surface area (Å²) < 4.78 is 0. The highest BCUT2D eigenvalue weighted by atomic mass is 16.2. The van der Waals surface area contributed by atoms with Crippen molar-refractivity contribution in [1.82, 2.24) is 20.9 Å². The van der Waals surface area contributed by atoms with E-state index in [4.69, 9.17) is 0 Å². The van der Waals surface area contributed by atoms with Gasteiger partial charge in [-0.25, -0.2) is 4.79 Å².